The first-order chi connectivity index (χ1) is 11.7. The molecule has 2 amide bonds. The number of carbonyl (C=O) groups is 2. The summed E-state index contributed by atoms with van der Waals surface area (Å²) < 4.78 is 0.884. The number of hydrogen-bond donors (Lipinski definition) is 1. The van der Waals surface area contributed by atoms with Crippen molar-refractivity contribution < 1.29 is 9.59 Å². The van der Waals surface area contributed by atoms with Crippen LogP contribution < -0.4 is 5.32 Å². The normalized spacial score (nSPS) is 17.4. The molecule has 0 aliphatic carbocycles. The van der Waals surface area contributed by atoms with E-state index in [0.717, 1.165) is 10.8 Å². The number of anilines is 1. The minimum absolute atomic E-state index is 0.0147. The second-order valence-electron chi connectivity index (χ2n) is 7.52. The van der Waals surface area contributed by atoms with E-state index in [0.29, 0.717) is 36.3 Å². The number of likely N-dealkylation sites (tertiary alicyclic amines) is 1. The molecule has 0 spiro atoms. The highest BCUT2D eigenvalue weighted by atomic mass is 32.2. The van der Waals surface area contributed by atoms with Crippen LogP contribution in [0.3, 0.4) is 0 Å². The maximum atomic E-state index is 12.4. The topological polar surface area (TPSA) is 75.2 Å². The van der Waals surface area contributed by atoms with Crippen molar-refractivity contribution in [3.05, 3.63) is 0 Å². The number of nitrogens with one attached hydrogen (secondary N) is 1. The molecule has 1 aliphatic rings. The van der Waals surface area contributed by atoms with Crippen LogP contribution in [0.2, 0.25) is 0 Å². The molecule has 0 saturated carbocycles. The van der Waals surface area contributed by atoms with Crippen molar-refractivity contribution in [2.24, 2.45) is 11.3 Å². The second-order valence-corrected chi connectivity index (χ2v) is 10.2. The van der Waals surface area contributed by atoms with E-state index in [4.69, 9.17) is 0 Å². The molecule has 0 aromatic carbocycles. The zero-order valence-electron chi connectivity index (χ0n) is 15.7. The average Bonchev–Trinajstić information content (AvgIpc) is 3.00. The third-order valence-corrected chi connectivity index (χ3v) is 6.50. The Balaban J connectivity index is 1.84. The van der Waals surface area contributed by atoms with Gasteiger partial charge in [-0.2, -0.15) is 0 Å². The lowest BCUT2D eigenvalue weighted by molar-refractivity contribution is -0.142. The van der Waals surface area contributed by atoms with E-state index in [-0.39, 0.29) is 23.1 Å². The van der Waals surface area contributed by atoms with Gasteiger partial charge in [-0.05, 0) is 19.3 Å². The summed E-state index contributed by atoms with van der Waals surface area (Å²) in [5, 5.41) is 12.1. The summed E-state index contributed by atoms with van der Waals surface area (Å²) in [7, 11) is 0. The summed E-state index contributed by atoms with van der Waals surface area (Å²) in [5.41, 5.74) is -0.370. The molecule has 1 fully saturated rings. The van der Waals surface area contributed by atoms with Crippen molar-refractivity contribution in [3.8, 4) is 0 Å². The van der Waals surface area contributed by atoms with E-state index in [2.05, 4.69) is 29.4 Å². The van der Waals surface area contributed by atoms with Gasteiger partial charge in [0.2, 0.25) is 16.9 Å². The van der Waals surface area contributed by atoms with Gasteiger partial charge in [-0.3, -0.25) is 9.59 Å². The van der Waals surface area contributed by atoms with Gasteiger partial charge in [0.15, 0.2) is 4.34 Å². The van der Waals surface area contributed by atoms with Crippen molar-refractivity contribution >= 4 is 40.0 Å². The molecule has 1 saturated heterocycles. The molecule has 1 atom stereocenters. The van der Waals surface area contributed by atoms with Crippen molar-refractivity contribution in [1.29, 1.82) is 0 Å². The zero-order chi connectivity index (χ0) is 18.6. The third-order valence-electron chi connectivity index (χ3n) is 4.31. The third kappa shape index (κ3) is 5.67. The maximum Gasteiger partial charge on any atom is 0.229 e. The van der Waals surface area contributed by atoms with Crippen molar-refractivity contribution in [2.75, 3.05) is 18.4 Å². The Morgan fingerprint density at radius 3 is 2.52 bits per heavy atom. The van der Waals surface area contributed by atoms with Crippen molar-refractivity contribution in [1.82, 2.24) is 15.1 Å². The minimum Gasteiger partial charge on any atom is -0.342 e. The van der Waals surface area contributed by atoms with Crippen LogP contribution in [0.25, 0.3) is 0 Å². The van der Waals surface area contributed by atoms with Gasteiger partial charge in [-0.25, -0.2) is 0 Å². The fourth-order valence-corrected chi connectivity index (χ4v) is 4.59. The fraction of sp³-hybridized carbons (Fsp3) is 0.765. The Bertz CT molecular complexity index is 604. The van der Waals surface area contributed by atoms with Crippen LogP contribution in [0.15, 0.2) is 4.34 Å². The Morgan fingerprint density at radius 2 is 1.96 bits per heavy atom. The van der Waals surface area contributed by atoms with Gasteiger partial charge < -0.3 is 10.2 Å². The smallest absolute Gasteiger partial charge is 0.229 e. The number of rotatable bonds is 5. The molecule has 6 nitrogen and oxygen atoms in total. The summed E-state index contributed by atoms with van der Waals surface area (Å²) in [5.74, 6) is 0.0693. The van der Waals surface area contributed by atoms with Gasteiger partial charge >= 0.3 is 0 Å². The summed E-state index contributed by atoms with van der Waals surface area (Å²) >= 11 is 3.10. The largest absolute Gasteiger partial charge is 0.342 e. The highest BCUT2D eigenvalue weighted by molar-refractivity contribution is 8.01. The predicted octanol–water partition coefficient (Wildman–Crippen LogP) is 3.65. The minimum atomic E-state index is -0.370. The average molecular weight is 385 g/mol. The van der Waals surface area contributed by atoms with Crippen molar-refractivity contribution in [3.63, 3.8) is 0 Å². The van der Waals surface area contributed by atoms with E-state index in [1.807, 2.05) is 25.7 Å². The Morgan fingerprint density at radius 1 is 1.32 bits per heavy atom. The van der Waals surface area contributed by atoms with Crippen LogP contribution in [-0.2, 0) is 9.59 Å². The number of thioether (sulfide) groups is 1. The number of nitrogens with zero attached hydrogens (tertiary/aromatic N) is 3. The van der Waals surface area contributed by atoms with E-state index in [1.165, 1.54) is 11.3 Å². The molecule has 1 aliphatic heterocycles. The Kier molecular flexibility index (Phi) is 6.85. The first kappa shape index (κ1) is 20.2. The van der Waals surface area contributed by atoms with Crippen LogP contribution in [0.1, 0.15) is 53.9 Å². The summed E-state index contributed by atoms with van der Waals surface area (Å²) in [6.07, 6.45) is 2.46. The number of aromatic nitrogens is 2. The summed E-state index contributed by atoms with van der Waals surface area (Å²) in [6, 6.07) is 0. The van der Waals surface area contributed by atoms with Crippen LogP contribution in [-0.4, -0.2) is 45.3 Å². The van der Waals surface area contributed by atoms with E-state index >= 15 is 0 Å². The molecule has 1 aromatic rings. The standard InChI is InChI=1S/C17H28N4O2S2/c1-6-11(2)24-16-20-19-15(25-16)18-13(22)12-7-9-21(10-8-12)14(23)17(3,4)5/h11-12H,6-10H2,1-5H3,(H,18,19,22). The van der Waals surface area contributed by atoms with Gasteiger partial charge in [-0.1, -0.05) is 57.7 Å². The second kappa shape index (κ2) is 8.49. The monoisotopic (exact) mass is 384 g/mol. The number of carbonyl (C=O) groups excluding carboxylic acids is 2. The molecule has 0 bridgehead atoms. The lowest BCUT2D eigenvalue weighted by Gasteiger charge is -2.35. The lowest BCUT2D eigenvalue weighted by Crippen LogP contribution is -2.45. The summed E-state index contributed by atoms with van der Waals surface area (Å²) in [4.78, 5) is 26.6. The van der Waals surface area contributed by atoms with Crippen LogP contribution in [0.4, 0.5) is 5.13 Å². The van der Waals surface area contributed by atoms with E-state index in [1.54, 1.807) is 11.8 Å². The quantitative estimate of drug-likeness (QED) is 0.619. The number of piperidine rings is 1. The molecule has 1 unspecified atom stereocenters. The predicted molar refractivity (Wildman–Crippen MR) is 103 cm³/mol. The van der Waals surface area contributed by atoms with E-state index < -0.39 is 0 Å². The van der Waals surface area contributed by atoms with E-state index in [9.17, 15) is 9.59 Å². The lowest BCUT2D eigenvalue weighted by atomic mass is 9.91. The van der Waals surface area contributed by atoms with Gasteiger partial charge in [0.25, 0.3) is 0 Å². The molecular formula is C17H28N4O2S2. The molecule has 1 aromatic heterocycles. The van der Waals surface area contributed by atoms with Gasteiger partial charge in [0.05, 0.1) is 0 Å². The number of hydrogen-bond acceptors (Lipinski definition) is 6. The summed E-state index contributed by atoms with van der Waals surface area (Å²) in [6.45, 7) is 11.4. The van der Waals surface area contributed by atoms with Crippen LogP contribution in [0.5, 0.6) is 0 Å². The van der Waals surface area contributed by atoms with Crippen LogP contribution in [0, 0.1) is 11.3 Å². The maximum absolute atomic E-state index is 12.4. The molecule has 8 heteroatoms. The molecule has 2 heterocycles. The van der Waals surface area contributed by atoms with Crippen molar-refractivity contribution in [2.45, 2.75) is 63.5 Å². The highest BCUT2D eigenvalue weighted by Gasteiger charge is 2.32. The Hall–Kier alpha value is -1.15. The van der Waals surface area contributed by atoms with Gasteiger partial charge in [0.1, 0.15) is 0 Å². The highest BCUT2D eigenvalue weighted by Crippen LogP contribution is 2.30. The molecule has 25 heavy (non-hydrogen) atoms. The molecule has 0 radical (unpaired) electrons. The zero-order valence-corrected chi connectivity index (χ0v) is 17.3. The molecule has 1 N–H and O–H groups in total. The van der Waals surface area contributed by atoms with Gasteiger partial charge in [0, 0.05) is 29.7 Å². The molecular weight excluding hydrogens is 356 g/mol. The van der Waals surface area contributed by atoms with Gasteiger partial charge in [-0.15, -0.1) is 10.2 Å². The SMILES string of the molecule is CCC(C)Sc1nnc(NC(=O)C2CCN(C(=O)C(C)(C)C)CC2)s1. The first-order valence-corrected chi connectivity index (χ1v) is 10.5. The first-order valence-electron chi connectivity index (χ1n) is 8.81. The molecule has 140 valence electrons. The fourth-order valence-electron chi connectivity index (χ4n) is 2.59. The number of amides is 2. The Labute approximate surface area is 158 Å². The van der Waals surface area contributed by atoms with Crippen LogP contribution >= 0.6 is 23.1 Å². The molecule has 2 rings (SSSR count).